The molecule has 5 rings (SSSR count). The van der Waals surface area contributed by atoms with Gasteiger partial charge >= 0.3 is 5.97 Å². The van der Waals surface area contributed by atoms with Gasteiger partial charge in [-0.3, -0.25) is 9.56 Å². The van der Waals surface area contributed by atoms with Gasteiger partial charge in [0.25, 0.3) is 0 Å². The van der Waals surface area contributed by atoms with Crippen LogP contribution >= 0.6 is 0 Å². The minimum Gasteiger partial charge on any atom is -0.505 e. The van der Waals surface area contributed by atoms with E-state index in [9.17, 15) is 20.1 Å². The molecule has 0 atom stereocenters. The van der Waals surface area contributed by atoms with Crippen LogP contribution in [0.2, 0.25) is 0 Å². The van der Waals surface area contributed by atoms with Gasteiger partial charge in [-0.1, -0.05) is 66.7 Å². The molecule has 0 spiro atoms. The molecule has 0 saturated heterocycles. The Balaban J connectivity index is 1.55. The van der Waals surface area contributed by atoms with Crippen molar-refractivity contribution in [2.24, 2.45) is 4.99 Å². The van der Waals surface area contributed by atoms with E-state index in [0.717, 1.165) is 22.0 Å². The number of carboxylic acids is 1. The molecule has 0 radical (unpaired) electrons. The highest BCUT2D eigenvalue weighted by molar-refractivity contribution is 6.04. The quantitative estimate of drug-likeness (QED) is 0.222. The lowest BCUT2D eigenvalue weighted by Gasteiger charge is -2.08. The van der Waals surface area contributed by atoms with Gasteiger partial charge in [-0.05, 0) is 54.0 Å². The summed E-state index contributed by atoms with van der Waals surface area (Å²) < 4.78 is 1.71. The van der Waals surface area contributed by atoms with E-state index >= 15 is 0 Å². The summed E-state index contributed by atoms with van der Waals surface area (Å²) in [6, 6.07) is 27.1. The number of phenols is 1. The number of nitrogens with zero attached hydrogens (tertiary/aromatic N) is 2. The van der Waals surface area contributed by atoms with Crippen LogP contribution in [0.15, 0.2) is 96.0 Å². The number of hydrogen-bond donors (Lipinski definition) is 3. The molecule has 0 bridgehead atoms. The second kappa shape index (κ2) is 9.87. The van der Waals surface area contributed by atoms with Crippen molar-refractivity contribution >= 4 is 41.1 Å². The maximum Gasteiger partial charge on any atom is 0.335 e. The van der Waals surface area contributed by atoms with Gasteiger partial charge in [-0.25, -0.2) is 4.79 Å². The molecule has 0 amide bonds. The van der Waals surface area contributed by atoms with Crippen LogP contribution in [0.4, 0.5) is 5.69 Å². The summed E-state index contributed by atoms with van der Waals surface area (Å²) >= 11 is 0. The molecule has 1 heterocycles. The number of para-hydroxylation sites is 2. The number of carboxylic acid groups (broad SMARTS) is 1. The molecule has 0 aliphatic carbocycles. The van der Waals surface area contributed by atoms with Crippen LogP contribution in [0.5, 0.6) is 11.6 Å². The molecular weight excluding hydrogens is 464 g/mol. The fraction of sp³-hybridized carbons (Fsp3) is 0.0323. The van der Waals surface area contributed by atoms with Crippen LogP contribution < -0.4 is 0 Å². The van der Waals surface area contributed by atoms with Crippen molar-refractivity contribution in [2.45, 2.75) is 6.92 Å². The molecule has 182 valence electrons. The monoisotopic (exact) mass is 488 g/mol. The maximum absolute atomic E-state index is 11.4. The first kappa shape index (κ1) is 23.6. The zero-order valence-electron chi connectivity index (χ0n) is 20.0. The van der Waals surface area contributed by atoms with Crippen molar-refractivity contribution in [1.29, 1.82) is 0 Å². The Kier molecular flexibility index (Phi) is 6.31. The predicted octanol–water partition coefficient (Wildman–Crippen LogP) is 7.10. The Hall–Kier alpha value is -5.10. The summed E-state index contributed by atoms with van der Waals surface area (Å²) in [5.41, 5.74) is 4.95. The van der Waals surface area contributed by atoms with Crippen LogP contribution in [0, 0.1) is 6.92 Å². The molecule has 1 aromatic heterocycles. The topological polar surface area (TPSA) is 95.0 Å². The van der Waals surface area contributed by atoms with Crippen LogP contribution in [-0.4, -0.2) is 32.1 Å². The van der Waals surface area contributed by atoms with Gasteiger partial charge in [0.15, 0.2) is 0 Å². The zero-order chi connectivity index (χ0) is 25.9. The number of benzene rings is 4. The van der Waals surface area contributed by atoms with Crippen LogP contribution in [0.25, 0.3) is 34.3 Å². The fourth-order valence-electron chi connectivity index (χ4n) is 4.30. The number of aryl methyl sites for hydroxylation is 1. The number of aromatic hydroxyl groups is 2. The minimum atomic E-state index is -1.04. The average molecular weight is 489 g/mol. The van der Waals surface area contributed by atoms with Crippen LogP contribution in [-0.2, 0) is 0 Å². The number of hydrogen-bond acceptors (Lipinski definition) is 4. The van der Waals surface area contributed by atoms with E-state index in [2.05, 4.69) is 4.99 Å². The number of aliphatic imine (C=N–C) groups is 1. The van der Waals surface area contributed by atoms with Crippen molar-refractivity contribution in [3.63, 3.8) is 0 Å². The molecule has 0 aliphatic heterocycles. The van der Waals surface area contributed by atoms with Crippen LogP contribution in [0.1, 0.15) is 27.0 Å². The van der Waals surface area contributed by atoms with E-state index in [1.165, 1.54) is 18.3 Å². The van der Waals surface area contributed by atoms with E-state index < -0.39 is 5.97 Å². The second-order valence-corrected chi connectivity index (χ2v) is 8.61. The molecule has 0 saturated carbocycles. The third-order valence-electron chi connectivity index (χ3n) is 6.28. The van der Waals surface area contributed by atoms with E-state index in [1.807, 2.05) is 67.7 Å². The molecule has 4 aromatic carbocycles. The predicted molar refractivity (Wildman–Crippen MR) is 148 cm³/mol. The zero-order valence-corrected chi connectivity index (χ0v) is 20.0. The highest BCUT2D eigenvalue weighted by Crippen LogP contribution is 2.38. The highest BCUT2D eigenvalue weighted by atomic mass is 16.4. The first-order chi connectivity index (χ1) is 17.9. The highest BCUT2D eigenvalue weighted by Gasteiger charge is 2.15. The average Bonchev–Trinajstić information content (AvgIpc) is 3.18. The third kappa shape index (κ3) is 4.60. The van der Waals surface area contributed by atoms with E-state index in [4.69, 9.17) is 0 Å². The lowest BCUT2D eigenvalue weighted by molar-refractivity contribution is 0.0697. The molecule has 3 N–H and O–H groups in total. The minimum absolute atomic E-state index is 0.0274. The standard InChI is InChI=1S/C31H24N2O4/c1-20-8-2-3-9-21(20)16-17-33-28-15-5-4-12-25(28)26(30(33)35)19-32-27-14-7-13-24(29(27)34)22-10-6-11-23(18-22)31(36)37/h2-19,34-35H,1H3,(H,36,37)/b17-16+,32-19?. The van der Waals surface area contributed by atoms with E-state index in [1.54, 1.807) is 34.9 Å². The largest absolute Gasteiger partial charge is 0.505 e. The number of aromatic carboxylic acids is 1. The van der Waals surface area contributed by atoms with Gasteiger partial charge in [0.05, 0.1) is 16.6 Å². The molecule has 0 fully saturated rings. The fourth-order valence-corrected chi connectivity index (χ4v) is 4.30. The molecular formula is C31H24N2O4. The van der Waals surface area contributed by atoms with E-state index in [0.29, 0.717) is 22.4 Å². The number of aromatic nitrogens is 1. The van der Waals surface area contributed by atoms with Gasteiger partial charge in [0.2, 0.25) is 5.88 Å². The summed E-state index contributed by atoms with van der Waals surface area (Å²) in [5, 5.41) is 32.2. The lowest BCUT2D eigenvalue weighted by Crippen LogP contribution is -1.95. The Bertz CT molecular complexity index is 1700. The SMILES string of the molecule is Cc1ccccc1/C=C/n1c(O)c(C=Nc2cccc(-c3cccc(C(=O)O)c3)c2O)c2ccccc21. The first-order valence-electron chi connectivity index (χ1n) is 11.7. The molecule has 37 heavy (non-hydrogen) atoms. The van der Waals surface area contributed by atoms with Crippen molar-refractivity contribution in [3.05, 3.63) is 113 Å². The van der Waals surface area contributed by atoms with Crippen molar-refractivity contribution in [2.75, 3.05) is 0 Å². The van der Waals surface area contributed by atoms with Crippen molar-refractivity contribution in [1.82, 2.24) is 4.57 Å². The van der Waals surface area contributed by atoms with Crippen LogP contribution in [0.3, 0.4) is 0 Å². The normalized spacial score (nSPS) is 11.6. The first-order valence-corrected chi connectivity index (χ1v) is 11.7. The number of fused-ring (bicyclic) bond motifs is 1. The second-order valence-electron chi connectivity index (χ2n) is 8.61. The van der Waals surface area contributed by atoms with Gasteiger partial charge in [0.1, 0.15) is 11.4 Å². The Morgan fingerprint density at radius 3 is 2.46 bits per heavy atom. The summed E-state index contributed by atoms with van der Waals surface area (Å²) in [7, 11) is 0. The Morgan fingerprint density at radius 1 is 0.892 bits per heavy atom. The van der Waals surface area contributed by atoms with Crippen molar-refractivity contribution < 1.29 is 20.1 Å². The van der Waals surface area contributed by atoms with Crippen molar-refractivity contribution in [3.8, 4) is 22.8 Å². The summed E-state index contributed by atoms with van der Waals surface area (Å²) in [4.78, 5) is 15.9. The lowest BCUT2D eigenvalue weighted by atomic mass is 10.0. The summed E-state index contributed by atoms with van der Waals surface area (Å²) in [6.45, 7) is 2.03. The number of rotatable bonds is 6. The van der Waals surface area contributed by atoms with Gasteiger partial charge in [-0.2, -0.15) is 0 Å². The molecule has 0 unspecified atom stereocenters. The smallest absolute Gasteiger partial charge is 0.335 e. The van der Waals surface area contributed by atoms with E-state index in [-0.39, 0.29) is 17.2 Å². The molecule has 6 nitrogen and oxygen atoms in total. The number of phenolic OH excluding ortho intramolecular Hbond substituents is 1. The van der Waals surface area contributed by atoms with Gasteiger partial charge in [0, 0.05) is 23.4 Å². The Labute approximate surface area is 213 Å². The molecule has 6 heteroatoms. The Morgan fingerprint density at radius 2 is 1.65 bits per heavy atom. The summed E-state index contributed by atoms with van der Waals surface area (Å²) in [6.07, 6.45) is 5.30. The summed E-state index contributed by atoms with van der Waals surface area (Å²) in [5.74, 6) is -1.09. The van der Waals surface area contributed by atoms with Gasteiger partial charge in [-0.15, -0.1) is 0 Å². The van der Waals surface area contributed by atoms with Gasteiger partial charge < -0.3 is 15.3 Å². The number of carbonyl (C=O) groups is 1. The maximum atomic E-state index is 11.4. The molecule has 0 aliphatic rings. The third-order valence-corrected chi connectivity index (χ3v) is 6.28. The molecule has 5 aromatic rings.